The van der Waals surface area contributed by atoms with Crippen molar-refractivity contribution in [2.45, 2.75) is 24.8 Å². The van der Waals surface area contributed by atoms with Crippen LogP contribution in [-0.4, -0.2) is 26.1 Å². The molecule has 2 aromatic heterocycles. The molecule has 0 aromatic carbocycles. The van der Waals surface area contributed by atoms with Gasteiger partial charge in [0, 0.05) is 24.2 Å². The predicted octanol–water partition coefficient (Wildman–Crippen LogP) is 4.38. The molecule has 1 saturated heterocycles. The molecule has 1 fully saturated rings. The summed E-state index contributed by atoms with van der Waals surface area (Å²) < 4.78 is 0. The summed E-state index contributed by atoms with van der Waals surface area (Å²) >= 11 is 2.50. The number of amides is 1. The Kier molecular flexibility index (Phi) is 8.21. The molecule has 3 rings (SSSR count). The first-order valence-electron chi connectivity index (χ1n) is 7.88. The summed E-state index contributed by atoms with van der Waals surface area (Å²) in [6.45, 7) is 2.21. The van der Waals surface area contributed by atoms with Gasteiger partial charge in [0.05, 0.1) is 16.4 Å². The molecule has 1 aliphatic heterocycles. The van der Waals surface area contributed by atoms with Crippen LogP contribution in [0.3, 0.4) is 0 Å². The van der Waals surface area contributed by atoms with Gasteiger partial charge in [-0.3, -0.25) is 14.6 Å². The summed E-state index contributed by atoms with van der Waals surface area (Å²) in [5.41, 5.74) is 0.942. The Labute approximate surface area is 155 Å². The van der Waals surface area contributed by atoms with Gasteiger partial charge in [0.25, 0.3) is 5.24 Å². The third kappa shape index (κ3) is 7.11. The number of pyridine rings is 2. The van der Waals surface area contributed by atoms with Gasteiger partial charge in [0.1, 0.15) is 0 Å². The summed E-state index contributed by atoms with van der Waals surface area (Å²) in [6.07, 6.45) is 7.57. The van der Waals surface area contributed by atoms with E-state index in [4.69, 9.17) is 0 Å². The minimum atomic E-state index is -0.336. The molecule has 0 spiro atoms. The molecule has 130 valence electrons. The van der Waals surface area contributed by atoms with Gasteiger partial charge in [-0.25, -0.2) is 4.98 Å². The Morgan fingerprint density at radius 2 is 1.88 bits per heavy atom. The van der Waals surface area contributed by atoms with Gasteiger partial charge < -0.3 is 5.32 Å². The van der Waals surface area contributed by atoms with Crippen LogP contribution in [0.4, 0.5) is 4.79 Å². The summed E-state index contributed by atoms with van der Waals surface area (Å²) in [5, 5.41) is 2.99. The molecule has 1 aliphatic rings. The summed E-state index contributed by atoms with van der Waals surface area (Å²) in [6, 6.07) is 11.4. The number of hydrogen-bond acceptors (Lipinski definition) is 6. The van der Waals surface area contributed by atoms with Crippen molar-refractivity contribution >= 4 is 40.0 Å². The molecular formula is C18H19N3O2S2. The van der Waals surface area contributed by atoms with Crippen LogP contribution in [0.5, 0.6) is 0 Å². The normalized spacial score (nSPS) is 14.8. The highest BCUT2D eigenvalue weighted by atomic mass is 32.2. The van der Waals surface area contributed by atoms with E-state index in [0.717, 1.165) is 5.03 Å². The lowest BCUT2D eigenvalue weighted by atomic mass is 10.3. The second kappa shape index (κ2) is 10.7. The second-order valence-corrected chi connectivity index (χ2v) is 7.05. The number of unbranched alkanes of at least 4 members (excludes halogenated alkanes) is 1. The smallest absolute Gasteiger partial charge is 0.291 e. The van der Waals surface area contributed by atoms with E-state index < -0.39 is 0 Å². The second-order valence-electron chi connectivity index (χ2n) is 4.98. The van der Waals surface area contributed by atoms with E-state index in [1.807, 2.05) is 36.2 Å². The van der Waals surface area contributed by atoms with Gasteiger partial charge in [-0.05, 0) is 42.5 Å². The van der Waals surface area contributed by atoms with E-state index in [2.05, 4.69) is 28.3 Å². The summed E-state index contributed by atoms with van der Waals surface area (Å²) in [7, 11) is 0. The lowest BCUT2D eigenvalue weighted by Gasteiger charge is -1.96. The first-order chi connectivity index (χ1) is 12.2. The van der Waals surface area contributed by atoms with E-state index in [1.54, 1.807) is 24.4 Å². The minimum Gasteiger partial charge on any atom is -0.313 e. The van der Waals surface area contributed by atoms with E-state index in [9.17, 15) is 9.59 Å². The van der Waals surface area contributed by atoms with Crippen LogP contribution in [0, 0.1) is 0 Å². The third-order valence-electron chi connectivity index (χ3n) is 3.01. The fourth-order valence-corrected chi connectivity index (χ4v) is 3.29. The van der Waals surface area contributed by atoms with E-state index in [-0.39, 0.29) is 10.4 Å². The molecule has 1 N–H and O–H groups in total. The van der Waals surface area contributed by atoms with Gasteiger partial charge in [0.2, 0.25) is 5.12 Å². The van der Waals surface area contributed by atoms with Gasteiger partial charge >= 0.3 is 0 Å². The highest BCUT2D eigenvalue weighted by Crippen LogP contribution is 2.19. The van der Waals surface area contributed by atoms with Crippen molar-refractivity contribution in [2.75, 3.05) is 5.75 Å². The number of thioether (sulfide) groups is 2. The number of aromatic nitrogens is 2. The zero-order valence-corrected chi connectivity index (χ0v) is 15.5. The quantitative estimate of drug-likeness (QED) is 0.476. The Hall–Kier alpha value is -2.12. The van der Waals surface area contributed by atoms with Crippen molar-refractivity contribution in [3.63, 3.8) is 0 Å². The fraction of sp³-hybridized carbons (Fsp3) is 0.222. The van der Waals surface area contributed by atoms with Crippen LogP contribution in [0.1, 0.15) is 25.5 Å². The summed E-state index contributed by atoms with van der Waals surface area (Å²) in [5.74, 6) is 1.19. The molecule has 0 radical (unpaired) electrons. The molecule has 0 saturated carbocycles. The molecular weight excluding hydrogens is 354 g/mol. The van der Waals surface area contributed by atoms with Crippen LogP contribution in [0.15, 0.2) is 59.5 Å². The van der Waals surface area contributed by atoms with Crippen LogP contribution >= 0.6 is 23.5 Å². The van der Waals surface area contributed by atoms with Crippen molar-refractivity contribution < 1.29 is 9.59 Å². The molecule has 7 heteroatoms. The average Bonchev–Trinajstić information content (AvgIpc) is 2.95. The van der Waals surface area contributed by atoms with Gasteiger partial charge in [0.15, 0.2) is 0 Å². The van der Waals surface area contributed by atoms with Gasteiger partial charge in [-0.15, -0.1) is 11.8 Å². The maximum absolute atomic E-state index is 11.2. The highest BCUT2D eigenvalue weighted by molar-refractivity contribution is 8.27. The molecule has 0 aliphatic carbocycles. The Morgan fingerprint density at radius 3 is 2.44 bits per heavy atom. The number of carbonyl (C=O) groups is 2. The first-order valence-corrected chi connectivity index (χ1v) is 9.69. The minimum absolute atomic E-state index is 0.263. The molecule has 5 nitrogen and oxygen atoms in total. The molecule has 2 aromatic rings. The maximum atomic E-state index is 11.2. The highest BCUT2D eigenvalue weighted by Gasteiger charge is 2.25. The van der Waals surface area contributed by atoms with Crippen molar-refractivity contribution in [3.8, 4) is 0 Å². The predicted molar refractivity (Wildman–Crippen MR) is 103 cm³/mol. The van der Waals surface area contributed by atoms with E-state index >= 15 is 0 Å². The maximum Gasteiger partial charge on any atom is 0.291 e. The topological polar surface area (TPSA) is 72.0 Å². The van der Waals surface area contributed by atoms with Crippen molar-refractivity contribution in [1.29, 1.82) is 0 Å². The van der Waals surface area contributed by atoms with Gasteiger partial charge in [-0.1, -0.05) is 25.5 Å². The van der Waals surface area contributed by atoms with Crippen molar-refractivity contribution in [3.05, 3.63) is 60.2 Å². The number of hydrogen-bond donors (Lipinski definition) is 1. The SMILES string of the molecule is CCCCSc1ccccn1.O=C1NC(=Cc2ccccn2)C(=O)S1. The van der Waals surface area contributed by atoms with Crippen molar-refractivity contribution in [2.24, 2.45) is 0 Å². The van der Waals surface area contributed by atoms with Crippen LogP contribution < -0.4 is 5.32 Å². The van der Waals surface area contributed by atoms with E-state index in [0.29, 0.717) is 23.2 Å². The van der Waals surface area contributed by atoms with Crippen LogP contribution in [-0.2, 0) is 4.79 Å². The first kappa shape index (κ1) is 19.2. The molecule has 3 heterocycles. The Balaban J connectivity index is 0.000000186. The zero-order chi connectivity index (χ0) is 17.9. The lowest BCUT2D eigenvalue weighted by Crippen LogP contribution is -2.10. The average molecular weight is 374 g/mol. The molecule has 25 heavy (non-hydrogen) atoms. The van der Waals surface area contributed by atoms with Crippen LogP contribution in [0.2, 0.25) is 0 Å². The lowest BCUT2D eigenvalue weighted by molar-refractivity contribution is -0.107. The van der Waals surface area contributed by atoms with E-state index in [1.165, 1.54) is 18.6 Å². The number of nitrogens with one attached hydrogen (secondary N) is 1. The molecule has 0 atom stereocenters. The van der Waals surface area contributed by atoms with Gasteiger partial charge in [-0.2, -0.15) is 0 Å². The monoisotopic (exact) mass is 373 g/mol. The Morgan fingerprint density at radius 1 is 1.12 bits per heavy atom. The fourth-order valence-electron chi connectivity index (χ4n) is 1.78. The number of carbonyl (C=O) groups excluding carboxylic acids is 2. The zero-order valence-electron chi connectivity index (χ0n) is 13.8. The van der Waals surface area contributed by atoms with Crippen molar-refractivity contribution in [1.82, 2.24) is 15.3 Å². The molecule has 0 bridgehead atoms. The van der Waals surface area contributed by atoms with Crippen LogP contribution in [0.25, 0.3) is 6.08 Å². The summed E-state index contributed by atoms with van der Waals surface area (Å²) in [4.78, 5) is 30.2. The number of nitrogens with zero attached hydrogens (tertiary/aromatic N) is 2. The number of rotatable bonds is 5. The standard InChI is InChI=1S/C9H6N2O2S.C9H13NS/c12-8-7(11-9(13)14-8)5-6-3-1-2-4-10-6;1-2-3-8-11-9-6-4-5-7-10-9/h1-5H,(H,11,13);4-7H,2-3,8H2,1H3. The Bertz CT molecular complexity index is 722. The largest absolute Gasteiger partial charge is 0.313 e. The molecule has 1 amide bonds. The molecule has 0 unspecified atom stereocenters. The third-order valence-corrected chi connectivity index (χ3v) is 4.73.